The molecule has 310 valence electrons. The van der Waals surface area contributed by atoms with Crippen molar-refractivity contribution in [3.8, 4) is 0 Å². The monoisotopic (exact) mass is 777 g/mol. The number of esters is 1. The van der Waals surface area contributed by atoms with Crippen molar-refractivity contribution in [3.05, 3.63) is 35.9 Å². The molecule has 0 spiro atoms. The molecule has 2 heterocycles. The Morgan fingerprint density at radius 3 is 2.13 bits per heavy atom. The molecule has 0 bridgehead atoms. The number of alkyl carbamates (subject to hydrolysis) is 1. The highest BCUT2D eigenvalue weighted by molar-refractivity contribution is 6.00. The molecule has 1 aromatic rings. The zero-order chi connectivity index (χ0) is 41.4. The fourth-order valence-electron chi connectivity index (χ4n) is 7.83. The average Bonchev–Trinajstić information content (AvgIpc) is 3.15. The van der Waals surface area contributed by atoms with Crippen LogP contribution in [0.1, 0.15) is 85.0 Å². The van der Waals surface area contributed by atoms with Gasteiger partial charge in [0.05, 0.1) is 23.7 Å². The summed E-state index contributed by atoms with van der Waals surface area (Å²) in [6.07, 6.45) is -6.89. The van der Waals surface area contributed by atoms with Crippen LogP contribution in [0.4, 0.5) is 4.79 Å². The molecule has 2 aliphatic heterocycles. The molecule has 1 aromatic carbocycles. The molecule has 4 N–H and O–H groups in total. The number of benzene rings is 1. The zero-order valence-electron chi connectivity index (χ0n) is 34.2. The van der Waals surface area contributed by atoms with Gasteiger partial charge in [0.15, 0.2) is 12.1 Å². The zero-order valence-corrected chi connectivity index (χ0v) is 34.2. The molecule has 2 amide bonds. The molecule has 15 heteroatoms. The molecule has 15 nitrogen and oxygen atoms in total. The number of ether oxygens (including phenoxy) is 5. The summed E-state index contributed by atoms with van der Waals surface area (Å²) in [5.74, 6) is -6.50. The third-order valence-electron chi connectivity index (χ3n) is 11.2. The van der Waals surface area contributed by atoms with Crippen LogP contribution in [0.15, 0.2) is 30.3 Å². The number of aliphatic hydroxyl groups excluding tert-OH is 1. The van der Waals surface area contributed by atoms with Gasteiger partial charge in [-0.15, -0.1) is 0 Å². The van der Waals surface area contributed by atoms with Crippen LogP contribution in [0, 0.1) is 23.7 Å². The molecule has 0 aliphatic carbocycles. The quantitative estimate of drug-likeness (QED) is 0.154. The second kappa shape index (κ2) is 19.6. The number of hydrogen-bond acceptors (Lipinski definition) is 13. The summed E-state index contributed by atoms with van der Waals surface area (Å²) in [5.41, 5.74) is -3.01. The standard InChI is InChI=1S/C40H63N3O12/c1-12-29-40(8,50)34(55-38(49)42-19-18-41-35(47)27-16-14-13-15-17-27)24(4)30(44)22(2)21-39(7,51-11)33(25(5)31(45)26(6)36(48)53-29)54-37-32(46)28(43(9)10)20-23(3)52-37/h13-17,22-26,28-29,32-34,37,46,50H,12,18-21H2,1-11H3,(H,41,47)(H,42,49)/t22-,23-,24+,25+,26-,28+,29-,32-,33-,34-,37+,39-,40-/m1/s1. The van der Waals surface area contributed by atoms with E-state index >= 15 is 0 Å². The van der Waals surface area contributed by atoms with Gasteiger partial charge in [-0.2, -0.15) is 0 Å². The molecule has 13 atom stereocenters. The number of aliphatic hydroxyl groups is 2. The number of methoxy groups -OCH3 is 1. The van der Waals surface area contributed by atoms with Crippen molar-refractivity contribution in [2.24, 2.45) is 23.7 Å². The maximum atomic E-state index is 14.3. The average molecular weight is 778 g/mol. The highest BCUT2D eigenvalue weighted by Crippen LogP contribution is 2.39. The second-order valence-electron chi connectivity index (χ2n) is 15.8. The summed E-state index contributed by atoms with van der Waals surface area (Å²) in [7, 11) is 5.10. The number of nitrogens with one attached hydrogen (secondary N) is 2. The topological polar surface area (TPSA) is 199 Å². The van der Waals surface area contributed by atoms with Gasteiger partial charge in [0, 0.05) is 43.6 Å². The van der Waals surface area contributed by atoms with E-state index in [4.69, 9.17) is 23.7 Å². The van der Waals surface area contributed by atoms with E-state index in [1.54, 1.807) is 58.0 Å². The molecule has 0 saturated carbocycles. The lowest BCUT2D eigenvalue weighted by Gasteiger charge is -2.47. The highest BCUT2D eigenvalue weighted by atomic mass is 16.7. The molecule has 2 saturated heterocycles. The van der Waals surface area contributed by atoms with Gasteiger partial charge in [-0.3, -0.25) is 19.2 Å². The van der Waals surface area contributed by atoms with Crippen LogP contribution in [-0.4, -0.2) is 133 Å². The minimum atomic E-state index is -2.10. The van der Waals surface area contributed by atoms with Crippen molar-refractivity contribution < 1.29 is 57.9 Å². The van der Waals surface area contributed by atoms with E-state index in [1.807, 2.05) is 25.9 Å². The van der Waals surface area contributed by atoms with Crippen molar-refractivity contribution in [2.75, 3.05) is 34.3 Å². The fraction of sp³-hybridized carbons (Fsp3) is 0.725. The first-order valence-corrected chi connectivity index (χ1v) is 19.2. The number of carbonyl (C=O) groups is 5. The van der Waals surface area contributed by atoms with Gasteiger partial charge in [-0.05, 0) is 73.2 Å². The predicted octanol–water partition coefficient (Wildman–Crippen LogP) is 2.89. The normalized spacial score (nSPS) is 36.8. The molecule has 2 aliphatic rings. The molecular formula is C40H63N3O12. The van der Waals surface area contributed by atoms with Gasteiger partial charge in [0.1, 0.15) is 35.6 Å². The molecule has 0 aromatic heterocycles. The molecule has 0 unspecified atom stereocenters. The van der Waals surface area contributed by atoms with Crippen molar-refractivity contribution in [1.29, 1.82) is 0 Å². The van der Waals surface area contributed by atoms with Gasteiger partial charge in [-0.25, -0.2) is 4.79 Å². The van der Waals surface area contributed by atoms with Gasteiger partial charge in [0.25, 0.3) is 5.91 Å². The number of ketones is 2. The minimum absolute atomic E-state index is 0.00262. The summed E-state index contributed by atoms with van der Waals surface area (Å²) in [6.45, 7) is 12.7. The van der Waals surface area contributed by atoms with Crippen LogP contribution in [0.3, 0.4) is 0 Å². The Kier molecular flexibility index (Phi) is 16.4. The SMILES string of the molecule is CC[C@H]1OC(=O)[C@H](C)C(=O)[C@H](C)[C@@H](O[C@@H]2O[C@H](C)C[C@H](N(C)C)[C@H]2O)[C@](C)(OC)C[C@@H](C)C(=O)[C@H](C)[C@@H](OC(=O)NCCNC(=O)c2ccccc2)[C@]1(C)O. The van der Waals surface area contributed by atoms with Crippen LogP contribution < -0.4 is 10.6 Å². The van der Waals surface area contributed by atoms with Crippen molar-refractivity contribution in [3.63, 3.8) is 0 Å². The van der Waals surface area contributed by atoms with Crippen LogP contribution >= 0.6 is 0 Å². The number of rotatable bonds is 10. The molecule has 3 rings (SSSR count). The van der Waals surface area contributed by atoms with E-state index in [0.29, 0.717) is 12.0 Å². The Hall–Kier alpha value is -3.47. The summed E-state index contributed by atoms with van der Waals surface area (Å²) >= 11 is 0. The van der Waals surface area contributed by atoms with E-state index in [2.05, 4.69) is 10.6 Å². The summed E-state index contributed by atoms with van der Waals surface area (Å²) in [4.78, 5) is 69.6. The summed E-state index contributed by atoms with van der Waals surface area (Å²) in [6, 6.07) is 8.23. The first kappa shape index (κ1) is 45.9. The Morgan fingerprint density at radius 2 is 1.55 bits per heavy atom. The van der Waals surface area contributed by atoms with E-state index in [0.717, 1.165) is 0 Å². The number of hydrogen-bond donors (Lipinski definition) is 4. The fourth-order valence-corrected chi connectivity index (χ4v) is 7.83. The Labute approximate surface area is 325 Å². The number of Topliss-reactive ketones (excluding diaryl/α,β-unsaturated/α-hetero) is 2. The largest absolute Gasteiger partial charge is 0.459 e. The third kappa shape index (κ3) is 11.1. The number of likely N-dealkylation sites (N-methyl/N-ethyl adjacent to an activating group) is 1. The first-order chi connectivity index (χ1) is 25.7. The van der Waals surface area contributed by atoms with Gasteiger partial charge in [-0.1, -0.05) is 45.9 Å². The lowest BCUT2D eigenvalue weighted by molar-refractivity contribution is -0.295. The third-order valence-corrected chi connectivity index (χ3v) is 11.2. The van der Waals surface area contributed by atoms with Crippen LogP contribution in [0.5, 0.6) is 0 Å². The number of cyclic esters (lactones) is 1. The smallest absolute Gasteiger partial charge is 0.407 e. The maximum absolute atomic E-state index is 14.3. The highest BCUT2D eigenvalue weighted by Gasteiger charge is 2.53. The Bertz CT molecular complexity index is 1470. The van der Waals surface area contributed by atoms with E-state index in [9.17, 15) is 34.2 Å². The Balaban J connectivity index is 1.96. The summed E-state index contributed by atoms with van der Waals surface area (Å²) in [5, 5.41) is 28.6. The number of carbonyl (C=O) groups excluding carboxylic acids is 5. The van der Waals surface area contributed by atoms with Crippen molar-refractivity contribution >= 4 is 29.5 Å². The first-order valence-electron chi connectivity index (χ1n) is 19.2. The second-order valence-corrected chi connectivity index (χ2v) is 15.8. The van der Waals surface area contributed by atoms with Crippen molar-refractivity contribution in [2.45, 2.75) is 129 Å². The van der Waals surface area contributed by atoms with E-state index in [1.165, 1.54) is 27.9 Å². The van der Waals surface area contributed by atoms with Gasteiger partial charge >= 0.3 is 12.1 Å². The Morgan fingerprint density at radius 1 is 0.945 bits per heavy atom. The molecule has 55 heavy (non-hydrogen) atoms. The number of amides is 2. The summed E-state index contributed by atoms with van der Waals surface area (Å²) < 4.78 is 30.2. The maximum Gasteiger partial charge on any atom is 0.407 e. The lowest BCUT2D eigenvalue weighted by Crippen LogP contribution is -2.60. The molecule has 2 fully saturated rings. The van der Waals surface area contributed by atoms with Gasteiger partial charge < -0.3 is 49.4 Å². The lowest BCUT2D eigenvalue weighted by atomic mass is 9.74. The van der Waals surface area contributed by atoms with Crippen LogP contribution in [0.25, 0.3) is 0 Å². The predicted molar refractivity (Wildman–Crippen MR) is 202 cm³/mol. The number of nitrogens with zero attached hydrogens (tertiary/aromatic N) is 1. The van der Waals surface area contributed by atoms with Gasteiger partial charge in [0.2, 0.25) is 0 Å². The minimum Gasteiger partial charge on any atom is -0.459 e. The van der Waals surface area contributed by atoms with E-state index < -0.39 is 89.2 Å². The van der Waals surface area contributed by atoms with Crippen LogP contribution in [-0.2, 0) is 38.1 Å². The van der Waals surface area contributed by atoms with Crippen LogP contribution in [0.2, 0.25) is 0 Å². The molecule has 0 radical (unpaired) electrons. The van der Waals surface area contributed by atoms with Crippen molar-refractivity contribution in [1.82, 2.24) is 15.5 Å². The van der Waals surface area contributed by atoms with E-state index in [-0.39, 0.29) is 44.0 Å². The molecular weight excluding hydrogens is 714 g/mol.